The van der Waals surface area contributed by atoms with Gasteiger partial charge in [-0.15, -0.1) is 0 Å². The van der Waals surface area contributed by atoms with Crippen LogP contribution < -0.4 is 11.1 Å². The van der Waals surface area contributed by atoms with E-state index in [-0.39, 0.29) is 12.2 Å². The fourth-order valence-electron chi connectivity index (χ4n) is 1.87. The number of nitrogens with one attached hydrogen (secondary N) is 1. The molecule has 2 aromatic rings. The fourth-order valence-corrected chi connectivity index (χ4v) is 1.87. The van der Waals surface area contributed by atoms with Crippen molar-refractivity contribution < 1.29 is 10.0 Å². The molecule has 2 atom stereocenters. The second kappa shape index (κ2) is 5.81. The van der Waals surface area contributed by atoms with Crippen LogP contribution in [0.5, 0.6) is 0 Å². The van der Waals surface area contributed by atoms with Gasteiger partial charge < -0.3 is 16.2 Å². The third-order valence-electron chi connectivity index (χ3n) is 3.09. The molecule has 1 aromatic carbocycles. The molecule has 106 valence electrons. The van der Waals surface area contributed by atoms with Crippen LogP contribution in [0.1, 0.15) is 6.92 Å². The number of pyridine rings is 1. The first-order valence-corrected chi connectivity index (χ1v) is 6.20. The fraction of sp³-hybridized carbons (Fsp3) is 0.308. The van der Waals surface area contributed by atoms with Gasteiger partial charge in [-0.25, -0.2) is 0 Å². The Hall–Kier alpha value is -2.25. The highest BCUT2D eigenvalue weighted by Crippen LogP contribution is 2.32. The average Bonchev–Trinajstić information content (AvgIpc) is 2.43. The summed E-state index contributed by atoms with van der Waals surface area (Å²) < 4.78 is 0. The van der Waals surface area contributed by atoms with E-state index in [1.54, 1.807) is 37.4 Å². The van der Waals surface area contributed by atoms with Gasteiger partial charge in [0.05, 0.1) is 21.9 Å². The number of aliphatic hydroxyl groups excluding tert-OH is 1. The Kier molecular flexibility index (Phi) is 4.11. The van der Waals surface area contributed by atoms with Gasteiger partial charge in [0.1, 0.15) is 5.69 Å². The van der Waals surface area contributed by atoms with E-state index >= 15 is 0 Å². The first-order valence-electron chi connectivity index (χ1n) is 6.20. The van der Waals surface area contributed by atoms with E-state index in [1.165, 1.54) is 0 Å². The van der Waals surface area contributed by atoms with Crippen molar-refractivity contribution in [2.75, 3.05) is 11.9 Å². The van der Waals surface area contributed by atoms with E-state index in [1.807, 2.05) is 0 Å². The van der Waals surface area contributed by atoms with Gasteiger partial charge in [0, 0.05) is 18.8 Å². The van der Waals surface area contributed by atoms with Crippen LogP contribution >= 0.6 is 0 Å². The molecule has 0 fully saturated rings. The number of nitrogens with two attached hydrogens (primary N) is 1. The van der Waals surface area contributed by atoms with Crippen molar-refractivity contribution in [2.45, 2.75) is 19.1 Å². The molecular formula is C13H16N4O3. The Morgan fingerprint density at radius 1 is 1.50 bits per heavy atom. The number of nitro benzene ring substituents is 1. The van der Waals surface area contributed by atoms with Crippen molar-refractivity contribution in [3.8, 4) is 0 Å². The highest BCUT2D eigenvalue weighted by molar-refractivity contribution is 5.94. The first-order chi connectivity index (χ1) is 9.50. The Bertz CT molecular complexity index is 630. The SMILES string of the molecule is CC(O)C(N)CNc1ccc2ncccc2c1[N+](=O)[O-]. The Balaban J connectivity index is 2.38. The number of anilines is 1. The molecule has 4 N–H and O–H groups in total. The predicted octanol–water partition coefficient (Wildman–Crippen LogP) is 1.26. The summed E-state index contributed by atoms with van der Waals surface area (Å²) in [5.41, 5.74) is 6.60. The average molecular weight is 276 g/mol. The lowest BCUT2D eigenvalue weighted by Crippen LogP contribution is -2.38. The summed E-state index contributed by atoms with van der Waals surface area (Å²) in [5, 5.41) is 24.0. The number of hydrogen-bond acceptors (Lipinski definition) is 6. The third kappa shape index (κ3) is 2.84. The molecule has 2 rings (SSSR count). The van der Waals surface area contributed by atoms with Gasteiger partial charge in [-0.3, -0.25) is 15.1 Å². The molecule has 0 aliphatic heterocycles. The number of aromatic nitrogens is 1. The summed E-state index contributed by atoms with van der Waals surface area (Å²) in [6.45, 7) is 1.81. The normalized spacial score (nSPS) is 13.9. The second-order valence-electron chi connectivity index (χ2n) is 4.57. The zero-order valence-corrected chi connectivity index (χ0v) is 11.0. The quantitative estimate of drug-likeness (QED) is 0.559. The predicted molar refractivity (Wildman–Crippen MR) is 76.5 cm³/mol. The summed E-state index contributed by atoms with van der Waals surface area (Å²) in [5.74, 6) is 0. The summed E-state index contributed by atoms with van der Waals surface area (Å²) in [6.07, 6.45) is 0.895. The standard InChI is InChI=1S/C13H16N4O3/c1-8(18)10(14)7-16-12-5-4-11-9(3-2-6-15-11)13(12)17(19)20/h2-6,8,10,16,18H,7,14H2,1H3. The molecule has 0 spiro atoms. The summed E-state index contributed by atoms with van der Waals surface area (Å²) in [7, 11) is 0. The number of aliphatic hydroxyl groups is 1. The van der Waals surface area contributed by atoms with Crippen molar-refractivity contribution in [3.63, 3.8) is 0 Å². The highest BCUT2D eigenvalue weighted by atomic mass is 16.6. The number of benzene rings is 1. The van der Waals surface area contributed by atoms with E-state index < -0.39 is 17.1 Å². The van der Waals surface area contributed by atoms with Crippen LogP contribution in [0, 0.1) is 10.1 Å². The van der Waals surface area contributed by atoms with Gasteiger partial charge in [-0.05, 0) is 31.2 Å². The maximum absolute atomic E-state index is 11.3. The van der Waals surface area contributed by atoms with E-state index in [2.05, 4.69) is 10.3 Å². The first kappa shape index (κ1) is 14.2. The van der Waals surface area contributed by atoms with Crippen molar-refractivity contribution in [1.82, 2.24) is 4.98 Å². The van der Waals surface area contributed by atoms with Crippen LogP contribution in [-0.2, 0) is 0 Å². The van der Waals surface area contributed by atoms with Gasteiger partial charge >= 0.3 is 5.69 Å². The van der Waals surface area contributed by atoms with Crippen LogP contribution in [0.2, 0.25) is 0 Å². The van der Waals surface area contributed by atoms with Gasteiger partial charge in [-0.1, -0.05) is 0 Å². The lowest BCUT2D eigenvalue weighted by atomic mass is 10.1. The van der Waals surface area contributed by atoms with E-state index in [0.717, 1.165) is 0 Å². The van der Waals surface area contributed by atoms with Gasteiger partial charge in [0.15, 0.2) is 0 Å². The second-order valence-corrected chi connectivity index (χ2v) is 4.57. The van der Waals surface area contributed by atoms with Crippen molar-refractivity contribution >= 4 is 22.3 Å². The molecule has 0 bridgehead atoms. The molecule has 0 aliphatic carbocycles. The van der Waals surface area contributed by atoms with Crippen LogP contribution in [0.15, 0.2) is 30.5 Å². The summed E-state index contributed by atoms with van der Waals surface area (Å²) in [4.78, 5) is 14.9. The molecular weight excluding hydrogens is 260 g/mol. The maximum atomic E-state index is 11.3. The lowest BCUT2D eigenvalue weighted by molar-refractivity contribution is -0.382. The molecule has 0 radical (unpaired) electrons. The van der Waals surface area contributed by atoms with Crippen molar-refractivity contribution in [2.24, 2.45) is 5.73 Å². The zero-order chi connectivity index (χ0) is 14.7. The van der Waals surface area contributed by atoms with E-state index in [9.17, 15) is 15.2 Å². The minimum absolute atomic E-state index is 0.0339. The molecule has 7 nitrogen and oxygen atoms in total. The minimum Gasteiger partial charge on any atom is -0.392 e. The molecule has 2 unspecified atom stereocenters. The largest absolute Gasteiger partial charge is 0.392 e. The number of nitrogens with zero attached hydrogens (tertiary/aromatic N) is 2. The molecule has 0 amide bonds. The van der Waals surface area contributed by atoms with Crippen molar-refractivity contribution in [3.05, 3.63) is 40.6 Å². The minimum atomic E-state index is -0.691. The molecule has 7 heteroatoms. The van der Waals surface area contributed by atoms with Crippen LogP contribution in [0.3, 0.4) is 0 Å². The number of rotatable bonds is 5. The van der Waals surface area contributed by atoms with Gasteiger partial charge in [0.25, 0.3) is 0 Å². The van der Waals surface area contributed by atoms with Gasteiger partial charge in [-0.2, -0.15) is 0 Å². The monoisotopic (exact) mass is 276 g/mol. The van der Waals surface area contributed by atoms with Crippen molar-refractivity contribution in [1.29, 1.82) is 0 Å². The highest BCUT2D eigenvalue weighted by Gasteiger charge is 2.19. The maximum Gasteiger partial charge on any atom is 0.301 e. The third-order valence-corrected chi connectivity index (χ3v) is 3.09. The van der Waals surface area contributed by atoms with Crippen LogP contribution in [-0.4, -0.2) is 33.7 Å². The van der Waals surface area contributed by atoms with Gasteiger partial charge in [0.2, 0.25) is 0 Å². The van der Waals surface area contributed by atoms with Crippen LogP contribution in [0.4, 0.5) is 11.4 Å². The number of hydrogen-bond donors (Lipinski definition) is 3. The number of nitro groups is 1. The molecule has 0 saturated carbocycles. The van der Waals surface area contributed by atoms with E-state index in [0.29, 0.717) is 16.6 Å². The summed E-state index contributed by atoms with van der Waals surface area (Å²) >= 11 is 0. The summed E-state index contributed by atoms with van der Waals surface area (Å²) in [6, 6.07) is 6.11. The zero-order valence-electron chi connectivity index (χ0n) is 11.0. The van der Waals surface area contributed by atoms with Crippen LogP contribution in [0.25, 0.3) is 10.9 Å². The molecule has 0 saturated heterocycles. The Morgan fingerprint density at radius 2 is 2.25 bits per heavy atom. The molecule has 1 heterocycles. The molecule has 1 aromatic heterocycles. The lowest BCUT2D eigenvalue weighted by Gasteiger charge is -2.16. The Labute approximate surface area is 115 Å². The topological polar surface area (TPSA) is 114 Å². The molecule has 0 aliphatic rings. The number of fused-ring (bicyclic) bond motifs is 1. The smallest absolute Gasteiger partial charge is 0.301 e. The van der Waals surface area contributed by atoms with E-state index in [4.69, 9.17) is 5.73 Å². The Morgan fingerprint density at radius 3 is 2.90 bits per heavy atom. The molecule has 20 heavy (non-hydrogen) atoms.